The molecule has 2 aliphatic rings. The molecule has 124 valence electrons. The lowest BCUT2D eigenvalue weighted by molar-refractivity contribution is -0.677. The fourth-order valence-electron chi connectivity index (χ4n) is 3.27. The van der Waals surface area contributed by atoms with Gasteiger partial charge in [0.05, 0.1) is 6.04 Å². The topological polar surface area (TPSA) is 82.0 Å². The van der Waals surface area contributed by atoms with Crippen LogP contribution in [-0.4, -0.2) is 57.4 Å². The van der Waals surface area contributed by atoms with Gasteiger partial charge in [0.25, 0.3) is 5.91 Å². The van der Waals surface area contributed by atoms with Crippen molar-refractivity contribution in [2.45, 2.75) is 39.3 Å². The van der Waals surface area contributed by atoms with E-state index >= 15 is 0 Å². The largest absolute Gasteiger partial charge is 0.402 e. The number of aliphatic imine (C=N–C) groups is 1. The highest BCUT2D eigenvalue weighted by Crippen LogP contribution is 2.30. The molecule has 3 amide bonds. The Hall–Kier alpha value is -2.22. The number of aliphatic hydroxyl groups excluding tert-OH is 1. The van der Waals surface area contributed by atoms with E-state index in [2.05, 4.69) is 23.4 Å². The molecule has 1 N–H and O–H groups in total. The monoisotopic (exact) mass is 320 g/mol. The first-order chi connectivity index (χ1) is 10.9. The van der Waals surface area contributed by atoms with E-state index in [-0.39, 0.29) is 25.1 Å². The van der Waals surface area contributed by atoms with Crippen molar-refractivity contribution in [2.24, 2.45) is 4.99 Å². The Labute approximate surface area is 134 Å². The second kappa shape index (κ2) is 5.45. The fourth-order valence-corrected chi connectivity index (χ4v) is 3.27. The highest BCUT2D eigenvalue weighted by molar-refractivity contribution is 6.19. The van der Waals surface area contributed by atoms with Gasteiger partial charge in [-0.2, -0.15) is 0 Å². The van der Waals surface area contributed by atoms with Gasteiger partial charge in [-0.3, -0.25) is 14.6 Å². The van der Waals surface area contributed by atoms with Gasteiger partial charge in [-0.05, 0) is 27.2 Å². The van der Waals surface area contributed by atoms with E-state index in [4.69, 9.17) is 5.11 Å². The Morgan fingerprint density at radius 2 is 2.09 bits per heavy atom. The standard InChI is InChI=1S/C15H22N5O3/c1-9(2)20-10(3)8-19-11-12(16-14(19)20)17(4)15(23)18(13(11)22)6-5-7-21/h8-9,11,21H,5-7H2,1-4H3/q+1. The van der Waals surface area contributed by atoms with Crippen LogP contribution in [0.15, 0.2) is 11.2 Å². The van der Waals surface area contributed by atoms with Crippen LogP contribution in [0.1, 0.15) is 38.0 Å². The van der Waals surface area contributed by atoms with Gasteiger partial charge in [0.2, 0.25) is 11.9 Å². The molecule has 0 saturated carbocycles. The molecule has 0 spiro atoms. The molecular formula is C15H22N5O3+. The number of imide groups is 1. The van der Waals surface area contributed by atoms with Gasteiger partial charge in [0, 0.05) is 20.2 Å². The Morgan fingerprint density at radius 3 is 2.70 bits per heavy atom. The number of aryl methyl sites for hydroxylation is 1. The highest BCUT2D eigenvalue weighted by Gasteiger charge is 2.53. The third-order valence-corrected chi connectivity index (χ3v) is 4.31. The number of rotatable bonds is 4. The zero-order chi connectivity index (χ0) is 16.9. The summed E-state index contributed by atoms with van der Waals surface area (Å²) in [4.78, 5) is 32.4. The number of aromatic nitrogens is 2. The smallest absolute Gasteiger partial charge is 0.396 e. The first-order valence-electron chi connectivity index (χ1n) is 7.80. The minimum Gasteiger partial charge on any atom is -0.396 e. The molecule has 1 fully saturated rings. The van der Waals surface area contributed by atoms with Crippen LogP contribution in [0.5, 0.6) is 0 Å². The van der Waals surface area contributed by atoms with E-state index in [1.807, 2.05) is 17.7 Å². The Balaban J connectivity index is 2.06. The second-order valence-electron chi connectivity index (χ2n) is 6.22. The third kappa shape index (κ3) is 2.16. The second-order valence-corrected chi connectivity index (χ2v) is 6.22. The number of carbonyl (C=O) groups is 2. The summed E-state index contributed by atoms with van der Waals surface area (Å²) in [6, 6.07) is -0.792. The number of carbonyl (C=O) groups excluding carboxylic acids is 2. The SMILES string of the molecule is Cc1c[n+]2c(n1C(C)C)N=C1C2C(=O)N(CCCO)C(=O)N1C. The van der Waals surface area contributed by atoms with E-state index in [0.717, 1.165) is 5.69 Å². The van der Waals surface area contributed by atoms with Crippen LogP contribution in [0.2, 0.25) is 0 Å². The van der Waals surface area contributed by atoms with Crippen LogP contribution in [0.3, 0.4) is 0 Å². The molecule has 0 radical (unpaired) electrons. The lowest BCUT2D eigenvalue weighted by Crippen LogP contribution is -2.62. The summed E-state index contributed by atoms with van der Waals surface area (Å²) in [6.45, 7) is 6.24. The Kier molecular flexibility index (Phi) is 3.71. The lowest BCUT2D eigenvalue weighted by Gasteiger charge is -2.32. The first-order valence-corrected chi connectivity index (χ1v) is 7.80. The first kappa shape index (κ1) is 15.7. The van der Waals surface area contributed by atoms with Crippen LogP contribution < -0.4 is 4.57 Å². The molecule has 1 atom stereocenters. The van der Waals surface area contributed by atoms with Gasteiger partial charge in [-0.25, -0.2) is 13.9 Å². The number of amides is 3. The van der Waals surface area contributed by atoms with E-state index in [9.17, 15) is 9.59 Å². The molecule has 3 rings (SSSR count). The molecular weight excluding hydrogens is 298 g/mol. The number of imidazole rings is 1. The summed E-state index contributed by atoms with van der Waals surface area (Å²) < 4.78 is 3.89. The number of hydrogen-bond acceptors (Lipinski definition) is 4. The fraction of sp³-hybridized carbons (Fsp3) is 0.600. The van der Waals surface area contributed by atoms with E-state index in [1.54, 1.807) is 7.05 Å². The quantitative estimate of drug-likeness (QED) is 0.822. The predicted octanol–water partition coefficient (Wildman–Crippen LogP) is 0.526. The molecule has 0 aliphatic carbocycles. The minimum atomic E-state index is -0.606. The van der Waals surface area contributed by atoms with Crippen molar-refractivity contribution < 1.29 is 19.3 Å². The third-order valence-electron chi connectivity index (χ3n) is 4.31. The normalized spacial score (nSPS) is 20.3. The summed E-state index contributed by atoms with van der Waals surface area (Å²) in [7, 11) is 1.63. The number of nitrogens with zero attached hydrogens (tertiary/aromatic N) is 5. The number of hydrogen-bond donors (Lipinski definition) is 1. The van der Waals surface area contributed by atoms with Crippen LogP contribution in [0.25, 0.3) is 0 Å². The van der Waals surface area contributed by atoms with E-state index in [1.165, 1.54) is 9.80 Å². The number of urea groups is 1. The molecule has 8 nitrogen and oxygen atoms in total. The minimum absolute atomic E-state index is 0.0619. The van der Waals surface area contributed by atoms with Crippen molar-refractivity contribution in [2.75, 3.05) is 20.2 Å². The molecule has 1 aromatic rings. The van der Waals surface area contributed by atoms with Gasteiger partial charge in [0.15, 0.2) is 0 Å². The molecule has 23 heavy (non-hydrogen) atoms. The average molecular weight is 320 g/mol. The molecule has 0 bridgehead atoms. The van der Waals surface area contributed by atoms with Crippen molar-refractivity contribution in [1.29, 1.82) is 0 Å². The van der Waals surface area contributed by atoms with Crippen molar-refractivity contribution in [1.82, 2.24) is 14.4 Å². The average Bonchev–Trinajstić information content (AvgIpc) is 2.99. The van der Waals surface area contributed by atoms with Crippen molar-refractivity contribution in [3.05, 3.63) is 11.9 Å². The molecule has 3 heterocycles. The van der Waals surface area contributed by atoms with Crippen LogP contribution >= 0.6 is 0 Å². The van der Waals surface area contributed by atoms with Crippen molar-refractivity contribution in [3.8, 4) is 0 Å². The van der Waals surface area contributed by atoms with Gasteiger partial charge in [-0.15, -0.1) is 0 Å². The van der Waals surface area contributed by atoms with Gasteiger partial charge in [-0.1, -0.05) is 4.99 Å². The summed E-state index contributed by atoms with van der Waals surface area (Å²) in [6.07, 6.45) is 2.27. The van der Waals surface area contributed by atoms with Gasteiger partial charge in [0.1, 0.15) is 11.9 Å². The van der Waals surface area contributed by atoms with E-state index in [0.29, 0.717) is 18.2 Å². The lowest BCUT2D eigenvalue weighted by atomic mass is 10.1. The molecule has 1 aromatic heterocycles. The number of amidine groups is 1. The summed E-state index contributed by atoms with van der Waals surface area (Å²) >= 11 is 0. The van der Waals surface area contributed by atoms with Crippen LogP contribution in [0.4, 0.5) is 10.7 Å². The zero-order valence-electron chi connectivity index (χ0n) is 13.9. The highest BCUT2D eigenvalue weighted by atomic mass is 16.3. The Morgan fingerprint density at radius 1 is 1.39 bits per heavy atom. The number of likely N-dealkylation sites (N-methyl/N-ethyl adjacent to an activating group) is 1. The summed E-state index contributed by atoms with van der Waals surface area (Å²) in [5.74, 6) is 0.865. The van der Waals surface area contributed by atoms with Gasteiger partial charge < -0.3 is 5.11 Å². The molecule has 0 aromatic carbocycles. The maximum Gasteiger partial charge on any atom is 0.402 e. The summed E-state index contributed by atoms with van der Waals surface area (Å²) in [5, 5.41) is 8.99. The Bertz CT molecular complexity index is 706. The van der Waals surface area contributed by atoms with Crippen molar-refractivity contribution in [3.63, 3.8) is 0 Å². The maximum atomic E-state index is 12.8. The van der Waals surface area contributed by atoms with Crippen molar-refractivity contribution >= 4 is 23.7 Å². The molecule has 2 aliphatic heterocycles. The van der Waals surface area contributed by atoms with Crippen LogP contribution in [0, 0.1) is 6.92 Å². The molecule has 8 heteroatoms. The molecule has 1 unspecified atom stereocenters. The number of fused-ring (bicyclic) bond motifs is 3. The summed E-state index contributed by atoms with van der Waals surface area (Å²) in [5.41, 5.74) is 1.02. The zero-order valence-corrected chi connectivity index (χ0v) is 13.9. The van der Waals surface area contributed by atoms with E-state index < -0.39 is 12.1 Å². The maximum absolute atomic E-state index is 12.8. The molecule has 1 saturated heterocycles. The predicted molar refractivity (Wildman–Crippen MR) is 82.5 cm³/mol. The van der Waals surface area contributed by atoms with Gasteiger partial charge >= 0.3 is 12.0 Å². The number of aliphatic hydroxyl groups is 1. The van der Waals surface area contributed by atoms with Crippen LogP contribution in [-0.2, 0) is 4.79 Å².